The molecule has 4 N–H and O–H groups in total. The monoisotopic (exact) mass is 118 g/mol. The molecule has 0 heterocycles. The average molecular weight is 118 g/mol. The first-order chi connectivity index (χ1) is 3.63. The number of likely N-dealkylation sites (N-methyl/N-ethyl adjacent to an activating group) is 2. The van der Waals surface area contributed by atoms with Gasteiger partial charge in [-0.15, -0.1) is 0 Å². The van der Waals surface area contributed by atoms with Crippen molar-refractivity contribution in [3.8, 4) is 0 Å². The molecule has 0 fully saturated rings. The topological polar surface area (TPSA) is 58.5 Å². The van der Waals surface area contributed by atoms with Crippen molar-refractivity contribution >= 4 is 0 Å². The van der Waals surface area contributed by atoms with Crippen LogP contribution < -0.4 is 11.7 Å². The fourth-order valence-corrected chi connectivity index (χ4v) is 0.315. The molecule has 4 heteroatoms. The van der Waals surface area contributed by atoms with E-state index in [9.17, 15) is 0 Å². The molecule has 0 aliphatic heterocycles. The SMILES string of the molecule is CN(N)CCN(C)N. The lowest BCUT2D eigenvalue weighted by Gasteiger charge is -2.12. The van der Waals surface area contributed by atoms with Crippen LogP contribution in [0.1, 0.15) is 0 Å². The van der Waals surface area contributed by atoms with Gasteiger partial charge in [-0.05, 0) is 0 Å². The summed E-state index contributed by atoms with van der Waals surface area (Å²) in [5, 5.41) is 3.20. The van der Waals surface area contributed by atoms with Gasteiger partial charge in [-0.3, -0.25) is 11.7 Å². The van der Waals surface area contributed by atoms with Crippen LogP contribution >= 0.6 is 0 Å². The molecular formula is C4H14N4. The third-order valence-electron chi connectivity index (χ3n) is 0.805. The van der Waals surface area contributed by atoms with Crippen LogP contribution in [0.5, 0.6) is 0 Å². The highest BCUT2D eigenvalue weighted by Gasteiger charge is 1.90. The van der Waals surface area contributed by atoms with E-state index >= 15 is 0 Å². The molecular weight excluding hydrogens is 104 g/mol. The predicted octanol–water partition coefficient (Wildman–Crippen LogP) is -1.40. The van der Waals surface area contributed by atoms with Gasteiger partial charge in [0.1, 0.15) is 0 Å². The van der Waals surface area contributed by atoms with Crippen LogP contribution in [0.4, 0.5) is 0 Å². The van der Waals surface area contributed by atoms with Gasteiger partial charge in [0.25, 0.3) is 0 Å². The van der Waals surface area contributed by atoms with Crippen molar-refractivity contribution in [2.24, 2.45) is 11.7 Å². The molecule has 0 saturated carbocycles. The molecule has 0 aromatic heterocycles. The van der Waals surface area contributed by atoms with E-state index < -0.39 is 0 Å². The fraction of sp³-hybridized carbons (Fsp3) is 1.00. The van der Waals surface area contributed by atoms with Gasteiger partial charge < -0.3 is 0 Å². The molecule has 0 atom stereocenters. The highest BCUT2D eigenvalue weighted by atomic mass is 15.4. The predicted molar refractivity (Wildman–Crippen MR) is 33.6 cm³/mol. The van der Waals surface area contributed by atoms with E-state index in [0.717, 1.165) is 13.1 Å². The molecule has 4 nitrogen and oxygen atoms in total. The lowest BCUT2D eigenvalue weighted by Crippen LogP contribution is -2.37. The maximum atomic E-state index is 5.29. The molecule has 0 aliphatic carbocycles. The van der Waals surface area contributed by atoms with Gasteiger partial charge in [-0.25, -0.2) is 10.0 Å². The van der Waals surface area contributed by atoms with Gasteiger partial charge in [0.05, 0.1) is 0 Å². The molecule has 0 saturated heterocycles. The van der Waals surface area contributed by atoms with E-state index in [-0.39, 0.29) is 0 Å². The summed E-state index contributed by atoms with van der Waals surface area (Å²) in [4.78, 5) is 0. The maximum Gasteiger partial charge on any atom is 0.0267 e. The first-order valence-electron chi connectivity index (χ1n) is 2.54. The highest BCUT2D eigenvalue weighted by Crippen LogP contribution is 1.70. The number of nitrogens with zero attached hydrogens (tertiary/aromatic N) is 2. The maximum absolute atomic E-state index is 5.29. The fourth-order valence-electron chi connectivity index (χ4n) is 0.315. The second kappa shape index (κ2) is 3.80. The van der Waals surface area contributed by atoms with Crippen molar-refractivity contribution < 1.29 is 0 Å². The summed E-state index contributed by atoms with van der Waals surface area (Å²) in [6.07, 6.45) is 0. The minimum atomic E-state index is 0.799. The number of rotatable bonds is 3. The van der Waals surface area contributed by atoms with Crippen molar-refractivity contribution in [3.05, 3.63) is 0 Å². The zero-order valence-electron chi connectivity index (χ0n) is 5.46. The minimum absolute atomic E-state index is 0.799. The van der Waals surface area contributed by atoms with Gasteiger partial charge in [-0.2, -0.15) is 0 Å². The second-order valence-electron chi connectivity index (χ2n) is 1.96. The smallest absolute Gasteiger partial charge is 0.0267 e. The van der Waals surface area contributed by atoms with Crippen molar-refractivity contribution in [3.63, 3.8) is 0 Å². The number of hydrazine groups is 2. The van der Waals surface area contributed by atoms with Crippen LogP contribution in [0.3, 0.4) is 0 Å². The first-order valence-corrected chi connectivity index (χ1v) is 2.54. The van der Waals surface area contributed by atoms with Crippen LogP contribution in [-0.4, -0.2) is 37.2 Å². The van der Waals surface area contributed by atoms with Gasteiger partial charge >= 0.3 is 0 Å². The average Bonchev–Trinajstić information content (AvgIpc) is 1.61. The van der Waals surface area contributed by atoms with Gasteiger partial charge in [-0.1, -0.05) is 0 Å². The number of nitrogens with two attached hydrogens (primary N) is 2. The van der Waals surface area contributed by atoms with Gasteiger partial charge in [0.2, 0.25) is 0 Å². The van der Waals surface area contributed by atoms with Crippen LogP contribution in [-0.2, 0) is 0 Å². The summed E-state index contributed by atoms with van der Waals surface area (Å²) >= 11 is 0. The Balaban J connectivity index is 2.93. The molecule has 0 radical (unpaired) electrons. The van der Waals surface area contributed by atoms with Crippen LogP contribution in [0.25, 0.3) is 0 Å². The minimum Gasteiger partial charge on any atom is -0.269 e. The summed E-state index contributed by atoms with van der Waals surface area (Å²) in [7, 11) is 3.62. The van der Waals surface area contributed by atoms with Crippen molar-refractivity contribution in [2.45, 2.75) is 0 Å². The molecule has 0 aromatic carbocycles. The normalized spacial score (nSPS) is 11.2. The summed E-state index contributed by atoms with van der Waals surface area (Å²) in [6.45, 7) is 1.60. The van der Waals surface area contributed by atoms with Crippen LogP contribution in [0.2, 0.25) is 0 Å². The Kier molecular flexibility index (Phi) is 3.72. The van der Waals surface area contributed by atoms with E-state index in [2.05, 4.69) is 0 Å². The molecule has 0 spiro atoms. The Morgan fingerprint density at radius 2 is 1.25 bits per heavy atom. The van der Waals surface area contributed by atoms with Gasteiger partial charge in [0.15, 0.2) is 0 Å². The van der Waals surface area contributed by atoms with Gasteiger partial charge in [0, 0.05) is 27.2 Å². The van der Waals surface area contributed by atoms with Crippen molar-refractivity contribution in [2.75, 3.05) is 27.2 Å². The van der Waals surface area contributed by atoms with Crippen molar-refractivity contribution in [1.29, 1.82) is 0 Å². The first kappa shape index (κ1) is 7.84. The van der Waals surface area contributed by atoms with Crippen molar-refractivity contribution in [1.82, 2.24) is 10.0 Å². The molecule has 0 bridgehead atoms. The second-order valence-corrected chi connectivity index (χ2v) is 1.96. The number of hydrogen-bond acceptors (Lipinski definition) is 4. The third kappa shape index (κ3) is 5.84. The molecule has 0 aliphatic rings. The van der Waals surface area contributed by atoms with E-state index in [1.807, 2.05) is 14.1 Å². The van der Waals surface area contributed by atoms with E-state index in [1.54, 1.807) is 10.0 Å². The van der Waals surface area contributed by atoms with Crippen LogP contribution in [0, 0.1) is 0 Å². The molecule has 50 valence electrons. The molecule has 0 unspecified atom stereocenters. The summed E-state index contributed by atoms with van der Waals surface area (Å²) in [5.41, 5.74) is 0. The Labute approximate surface area is 50.0 Å². The quantitative estimate of drug-likeness (QED) is 0.353. The van der Waals surface area contributed by atoms with E-state index in [4.69, 9.17) is 11.7 Å². The Morgan fingerprint density at radius 3 is 1.38 bits per heavy atom. The lowest BCUT2D eigenvalue weighted by atomic mass is 10.6. The largest absolute Gasteiger partial charge is 0.269 e. The number of hydrogen-bond donors (Lipinski definition) is 2. The van der Waals surface area contributed by atoms with Crippen LogP contribution in [0.15, 0.2) is 0 Å². The lowest BCUT2D eigenvalue weighted by molar-refractivity contribution is 0.266. The zero-order chi connectivity index (χ0) is 6.57. The highest BCUT2D eigenvalue weighted by molar-refractivity contribution is 4.42. The molecule has 8 heavy (non-hydrogen) atoms. The molecule has 0 amide bonds. The van der Waals surface area contributed by atoms with E-state index in [0.29, 0.717) is 0 Å². The van der Waals surface area contributed by atoms with E-state index in [1.165, 1.54) is 0 Å². The standard InChI is InChI=1S/C4H14N4/c1-7(5)3-4-8(2)6/h3-6H2,1-2H3. The zero-order valence-corrected chi connectivity index (χ0v) is 5.46. The Hall–Kier alpha value is -0.160. The summed E-state index contributed by atoms with van der Waals surface area (Å²) in [6, 6.07) is 0. The molecule has 0 rings (SSSR count). The Bertz CT molecular complexity index is 44.0. The summed E-state index contributed by atoms with van der Waals surface area (Å²) < 4.78 is 0. The Morgan fingerprint density at radius 1 is 1.00 bits per heavy atom. The molecule has 0 aromatic rings. The third-order valence-corrected chi connectivity index (χ3v) is 0.805. The summed E-state index contributed by atoms with van der Waals surface area (Å²) in [5.74, 6) is 10.6.